The Morgan fingerprint density at radius 1 is 1.15 bits per heavy atom. The molecule has 2 aromatic carbocycles. The fourth-order valence-corrected chi connectivity index (χ4v) is 5.38. The second-order valence-corrected chi connectivity index (χ2v) is 10.7. The number of hydrogen-bond donors (Lipinski definition) is 1. The third-order valence-electron chi connectivity index (χ3n) is 6.14. The van der Waals surface area contributed by atoms with Crippen LogP contribution in [0.25, 0.3) is 0 Å². The Balaban J connectivity index is 1.69. The van der Waals surface area contributed by atoms with Crippen molar-refractivity contribution in [3.8, 4) is 5.75 Å². The summed E-state index contributed by atoms with van der Waals surface area (Å²) in [6, 6.07) is 11.5. The summed E-state index contributed by atoms with van der Waals surface area (Å²) in [4.78, 5) is 30.1. The Morgan fingerprint density at radius 3 is 2.65 bits per heavy atom. The predicted molar refractivity (Wildman–Crippen MR) is 131 cm³/mol. The van der Waals surface area contributed by atoms with Gasteiger partial charge in [-0.3, -0.25) is 14.5 Å². The molecule has 1 atom stereocenters. The van der Waals surface area contributed by atoms with Crippen molar-refractivity contribution in [1.29, 1.82) is 0 Å². The van der Waals surface area contributed by atoms with E-state index in [1.807, 2.05) is 17.9 Å². The van der Waals surface area contributed by atoms with Crippen LogP contribution in [0.1, 0.15) is 26.2 Å². The van der Waals surface area contributed by atoms with E-state index >= 15 is 0 Å². The number of hydrogen-bond acceptors (Lipinski definition) is 6. The highest BCUT2D eigenvalue weighted by atomic mass is 32.2. The Bertz CT molecular complexity index is 1200. The molecule has 2 aliphatic rings. The van der Waals surface area contributed by atoms with E-state index in [2.05, 4.69) is 5.32 Å². The summed E-state index contributed by atoms with van der Waals surface area (Å²) in [5.74, 6) is -0.0436. The summed E-state index contributed by atoms with van der Waals surface area (Å²) >= 11 is 0. The summed E-state index contributed by atoms with van der Waals surface area (Å²) in [7, 11) is -0.790. The van der Waals surface area contributed by atoms with E-state index in [9.17, 15) is 18.0 Å². The first kappa shape index (κ1) is 24.0. The maximum Gasteiger partial charge on any atom is 0.250 e. The topological polar surface area (TPSA) is 99.3 Å². The number of piperidine rings is 1. The lowest BCUT2D eigenvalue weighted by molar-refractivity contribution is -0.123. The normalized spacial score (nSPS) is 17.9. The Morgan fingerprint density at radius 2 is 1.91 bits per heavy atom. The van der Waals surface area contributed by atoms with Crippen LogP contribution in [-0.2, 0) is 19.6 Å². The summed E-state index contributed by atoms with van der Waals surface area (Å²) < 4.78 is 32.2. The molecular formula is C24H30N4O5S. The van der Waals surface area contributed by atoms with E-state index in [1.165, 1.54) is 25.1 Å². The van der Waals surface area contributed by atoms with Crippen molar-refractivity contribution >= 4 is 38.9 Å². The molecule has 1 saturated heterocycles. The molecule has 0 radical (unpaired) electrons. The fourth-order valence-electron chi connectivity index (χ4n) is 4.46. The van der Waals surface area contributed by atoms with Gasteiger partial charge in [-0.1, -0.05) is 12.1 Å². The van der Waals surface area contributed by atoms with Gasteiger partial charge in [0.15, 0.2) is 0 Å². The molecule has 0 aliphatic carbocycles. The molecule has 182 valence electrons. The third kappa shape index (κ3) is 4.47. The first-order valence-electron chi connectivity index (χ1n) is 11.4. The van der Waals surface area contributed by atoms with Gasteiger partial charge < -0.3 is 15.0 Å². The van der Waals surface area contributed by atoms with Gasteiger partial charge in [-0.2, -0.15) is 0 Å². The number of nitrogens with zero attached hydrogens (tertiary/aromatic N) is 3. The molecule has 0 bridgehead atoms. The monoisotopic (exact) mass is 486 g/mol. The second-order valence-electron chi connectivity index (χ2n) is 8.54. The average Bonchev–Trinajstić information content (AvgIpc) is 2.82. The number of ether oxygens (including phenoxy) is 1. The average molecular weight is 487 g/mol. The number of nitrogens with one attached hydrogen (secondary N) is 1. The predicted octanol–water partition coefficient (Wildman–Crippen LogP) is 2.68. The molecular weight excluding hydrogens is 456 g/mol. The quantitative estimate of drug-likeness (QED) is 0.646. The number of sulfonamides is 1. The number of carbonyl (C=O) groups excluding carboxylic acids is 2. The zero-order chi connectivity index (χ0) is 24.5. The molecule has 0 spiro atoms. The standard InChI is InChI=1S/C24H30N4O5S/c1-4-33-22-11-6-5-9-18(22)25-23(29)16-28-21-15-17(34(31,32)26(2)3)12-13-19(21)27-14-8-7-10-20(27)24(28)30/h5-6,9,11-13,15,20H,4,7-8,10,14,16H2,1-3H3,(H,25,29)/t20-/m1/s1. The largest absolute Gasteiger partial charge is 0.492 e. The Labute approximate surface area is 200 Å². The molecule has 10 heteroatoms. The van der Waals surface area contributed by atoms with Crippen molar-refractivity contribution < 1.29 is 22.7 Å². The van der Waals surface area contributed by atoms with E-state index in [0.717, 1.165) is 22.8 Å². The smallest absolute Gasteiger partial charge is 0.250 e. The lowest BCUT2D eigenvalue weighted by atomic mass is 9.96. The highest BCUT2D eigenvalue weighted by Crippen LogP contribution is 2.41. The maximum absolute atomic E-state index is 13.5. The summed E-state index contributed by atoms with van der Waals surface area (Å²) in [6.45, 7) is 2.79. The van der Waals surface area contributed by atoms with Crippen LogP contribution in [0.2, 0.25) is 0 Å². The summed E-state index contributed by atoms with van der Waals surface area (Å²) in [6.07, 6.45) is 2.58. The van der Waals surface area contributed by atoms with Gasteiger partial charge in [0.05, 0.1) is 28.6 Å². The highest BCUT2D eigenvalue weighted by molar-refractivity contribution is 7.89. The van der Waals surface area contributed by atoms with Gasteiger partial charge in [0.1, 0.15) is 18.3 Å². The van der Waals surface area contributed by atoms with Crippen LogP contribution in [0.4, 0.5) is 17.1 Å². The SMILES string of the molecule is CCOc1ccccc1NC(=O)CN1C(=O)[C@H]2CCCCN2c2ccc(S(=O)(=O)N(C)C)cc21. The number of rotatable bonds is 7. The lowest BCUT2D eigenvalue weighted by Gasteiger charge is -2.45. The minimum atomic E-state index is -3.71. The third-order valence-corrected chi connectivity index (χ3v) is 7.95. The van der Waals surface area contributed by atoms with E-state index in [-0.39, 0.29) is 23.4 Å². The fraction of sp³-hybridized carbons (Fsp3) is 0.417. The van der Waals surface area contributed by atoms with Crippen LogP contribution in [0.3, 0.4) is 0 Å². The molecule has 2 amide bonds. The Kier molecular flexibility index (Phi) is 6.81. The second kappa shape index (κ2) is 9.63. The van der Waals surface area contributed by atoms with Crippen LogP contribution >= 0.6 is 0 Å². The molecule has 9 nitrogen and oxygen atoms in total. The van der Waals surface area contributed by atoms with Gasteiger partial charge in [-0.05, 0) is 56.5 Å². The zero-order valence-corrected chi connectivity index (χ0v) is 20.5. The van der Waals surface area contributed by atoms with E-state index in [4.69, 9.17) is 4.74 Å². The molecule has 2 aromatic rings. The molecule has 2 heterocycles. The van der Waals surface area contributed by atoms with Gasteiger partial charge in [0, 0.05) is 20.6 Å². The molecule has 1 fully saturated rings. The number of carbonyl (C=O) groups is 2. The molecule has 0 aromatic heterocycles. The van der Waals surface area contributed by atoms with Gasteiger partial charge in [-0.15, -0.1) is 0 Å². The van der Waals surface area contributed by atoms with Crippen molar-refractivity contribution in [1.82, 2.24) is 4.31 Å². The number of fused-ring (bicyclic) bond motifs is 3. The van der Waals surface area contributed by atoms with Crippen LogP contribution in [0, 0.1) is 0 Å². The van der Waals surface area contributed by atoms with Crippen molar-refractivity contribution in [2.75, 3.05) is 48.9 Å². The maximum atomic E-state index is 13.5. The van der Waals surface area contributed by atoms with Crippen molar-refractivity contribution in [2.45, 2.75) is 37.1 Å². The van der Waals surface area contributed by atoms with Crippen LogP contribution in [0.15, 0.2) is 47.4 Å². The summed E-state index contributed by atoms with van der Waals surface area (Å²) in [5.41, 5.74) is 1.71. The van der Waals surface area contributed by atoms with E-state index < -0.39 is 15.9 Å². The Hall–Kier alpha value is -3.11. The van der Waals surface area contributed by atoms with Crippen LogP contribution in [0.5, 0.6) is 5.75 Å². The van der Waals surface area contributed by atoms with Gasteiger partial charge in [0.2, 0.25) is 21.8 Å². The molecule has 2 aliphatic heterocycles. The van der Waals surface area contributed by atoms with Crippen molar-refractivity contribution in [2.24, 2.45) is 0 Å². The summed E-state index contributed by atoms with van der Waals surface area (Å²) in [5, 5.41) is 2.83. The first-order chi connectivity index (χ1) is 16.2. The number of anilines is 3. The molecule has 34 heavy (non-hydrogen) atoms. The number of amides is 2. The number of benzene rings is 2. The molecule has 0 unspecified atom stereocenters. The minimum Gasteiger partial charge on any atom is -0.492 e. The zero-order valence-electron chi connectivity index (χ0n) is 19.7. The lowest BCUT2D eigenvalue weighted by Crippen LogP contribution is -2.56. The molecule has 4 rings (SSSR count). The van der Waals surface area contributed by atoms with E-state index in [1.54, 1.807) is 30.3 Å². The molecule has 1 N–H and O–H groups in total. The number of para-hydroxylation sites is 2. The van der Waals surface area contributed by atoms with Gasteiger partial charge in [-0.25, -0.2) is 12.7 Å². The van der Waals surface area contributed by atoms with Crippen molar-refractivity contribution in [3.05, 3.63) is 42.5 Å². The van der Waals surface area contributed by atoms with Gasteiger partial charge >= 0.3 is 0 Å². The van der Waals surface area contributed by atoms with E-state index in [0.29, 0.717) is 36.7 Å². The minimum absolute atomic E-state index is 0.0756. The van der Waals surface area contributed by atoms with Gasteiger partial charge in [0.25, 0.3) is 0 Å². The van der Waals surface area contributed by atoms with Crippen LogP contribution < -0.4 is 19.9 Å². The van der Waals surface area contributed by atoms with Crippen LogP contribution in [-0.4, -0.2) is 64.4 Å². The first-order valence-corrected chi connectivity index (χ1v) is 12.8. The molecule has 0 saturated carbocycles. The van der Waals surface area contributed by atoms with Crippen molar-refractivity contribution in [3.63, 3.8) is 0 Å². The highest BCUT2D eigenvalue weighted by Gasteiger charge is 2.40.